The predicted octanol–water partition coefficient (Wildman–Crippen LogP) is 3.85. The fourth-order valence-electron chi connectivity index (χ4n) is 3.27. The molecular weight excluding hydrogens is 270 g/mol. The van der Waals surface area contributed by atoms with Crippen LogP contribution in [0.3, 0.4) is 0 Å². The van der Waals surface area contributed by atoms with Gasteiger partial charge in [-0.25, -0.2) is 4.98 Å². The van der Waals surface area contributed by atoms with Crippen LogP contribution in [0.1, 0.15) is 50.2 Å². The van der Waals surface area contributed by atoms with Crippen LogP contribution >= 0.6 is 0 Å². The highest BCUT2D eigenvalue weighted by Crippen LogP contribution is 2.29. The quantitative estimate of drug-likeness (QED) is 0.911. The molecule has 22 heavy (non-hydrogen) atoms. The lowest BCUT2D eigenvalue weighted by atomic mass is 9.99. The molecule has 0 amide bonds. The first-order chi connectivity index (χ1) is 10.7. The number of rotatable bonds is 5. The summed E-state index contributed by atoms with van der Waals surface area (Å²) in [6.45, 7) is 7.49. The van der Waals surface area contributed by atoms with Crippen LogP contribution in [0.4, 0.5) is 5.82 Å². The predicted molar refractivity (Wildman–Crippen MR) is 94.7 cm³/mol. The SMILES string of the molecule is CC(C)c1ccc2nc(N3CCCC3)c(CCCN)cc2c1. The third-order valence-corrected chi connectivity index (χ3v) is 4.62. The summed E-state index contributed by atoms with van der Waals surface area (Å²) in [6, 6.07) is 9.04. The van der Waals surface area contributed by atoms with Crippen molar-refractivity contribution >= 4 is 16.7 Å². The number of nitrogens with zero attached hydrogens (tertiary/aromatic N) is 2. The fraction of sp³-hybridized carbons (Fsp3) is 0.526. The van der Waals surface area contributed by atoms with Crippen LogP contribution in [-0.2, 0) is 6.42 Å². The number of benzene rings is 1. The van der Waals surface area contributed by atoms with E-state index in [1.807, 2.05) is 0 Å². The molecular formula is C19H27N3. The number of anilines is 1. The zero-order valence-corrected chi connectivity index (χ0v) is 13.8. The molecule has 1 aliphatic heterocycles. The highest BCUT2D eigenvalue weighted by molar-refractivity contribution is 5.82. The van der Waals surface area contributed by atoms with Gasteiger partial charge in [0.15, 0.2) is 0 Å². The Kier molecular flexibility index (Phi) is 4.63. The summed E-state index contributed by atoms with van der Waals surface area (Å²) in [4.78, 5) is 7.44. The molecule has 2 N–H and O–H groups in total. The Morgan fingerprint density at radius 3 is 2.64 bits per heavy atom. The Balaban J connectivity index is 2.05. The van der Waals surface area contributed by atoms with Crippen molar-refractivity contribution in [1.82, 2.24) is 4.98 Å². The van der Waals surface area contributed by atoms with Gasteiger partial charge in [-0.05, 0) is 67.5 Å². The first-order valence-corrected chi connectivity index (χ1v) is 8.57. The van der Waals surface area contributed by atoms with E-state index in [0.717, 1.165) is 38.0 Å². The van der Waals surface area contributed by atoms with Gasteiger partial charge >= 0.3 is 0 Å². The molecule has 0 aliphatic carbocycles. The first kappa shape index (κ1) is 15.3. The number of aromatic nitrogens is 1. The lowest BCUT2D eigenvalue weighted by Crippen LogP contribution is -2.21. The number of hydrogen-bond donors (Lipinski definition) is 1. The molecule has 0 saturated carbocycles. The monoisotopic (exact) mass is 297 g/mol. The summed E-state index contributed by atoms with van der Waals surface area (Å²) < 4.78 is 0. The van der Waals surface area contributed by atoms with Crippen molar-refractivity contribution < 1.29 is 0 Å². The van der Waals surface area contributed by atoms with Gasteiger partial charge in [-0.2, -0.15) is 0 Å². The molecule has 1 fully saturated rings. The van der Waals surface area contributed by atoms with Gasteiger partial charge in [-0.15, -0.1) is 0 Å². The van der Waals surface area contributed by atoms with Crippen LogP contribution in [0.25, 0.3) is 10.9 Å². The molecule has 1 aliphatic rings. The molecule has 0 atom stereocenters. The molecule has 2 heterocycles. The van der Waals surface area contributed by atoms with Gasteiger partial charge in [-0.1, -0.05) is 19.9 Å². The van der Waals surface area contributed by atoms with Crippen molar-refractivity contribution in [2.24, 2.45) is 5.73 Å². The summed E-state index contributed by atoms with van der Waals surface area (Å²) in [6.07, 6.45) is 4.61. The van der Waals surface area contributed by atoms with Crippen molar-refractivity contribution in [3.8, 4) is 0 Å². The van der Waals surface area contributed by atoms with Gasteiger partial charge in [0, 0.05) is 18.5 Å². The Morgan fingerprint density at radius 1 is 1.18 bits per heavy atom. The number of fused-ring (bicyclic) bond motifs is 1. The molecule has 0 unspecified atom stereocenters. The maximum absolute atomic E-state index is 5.72. The van der Waals surface area contributed by atoms with E-state index in [9.17, 15) is 0 Å². The minimum atomic E-state index is 0.551. The average Bonchev–Trinajstić information content (AvgIpc) is 3.05. The van der Waals surface area contributed by atoms with Gasteiger partial charge in [0.05, 0.1) is 5.52 Å². The van der Waals surface area contributed by atoms with E-state index in [1.165, 1.54) is 35.2 Å². The largest absolute Gasteiger partial charge is 0.356 e. The zero-order chi connectivity index (χ0) is 15.5. The van der Waals surface area contributed by atoms with Gasteiger partial charge in [-0.3, -0.25) is 0 Å². The minimum Gasteiger partial charge on any atom is -0.356 e. The molecule has 2 aromatic rings. The zero-order valence-electron chi connectivity index (χ0n) is 13.8. The minimum absolute atomic E-state index is 0.551. The standard InChI is InChI=1S/C19H27N3/c1-14(2)15-7-8-18-17(12-15)13-16(6-5-9-20)19(21-18)22-10-3-4-11-22/h7-8,12-14H,3-6,9-11,20H2,1-2H3. The van der Waals surface area contributed by atoms with E-state index in [0.29, 0.717) is 5.92 Å². The summed E-state index contributed by atoms with van der Waals surface area (Å²) >= 11 is 0. The Morgan fingerprint density at radius 2 is 1.95 bits per heavy atom. The smallest absolute Gasteiger partial charge is 0.132 e. The molecule has 0 bridgehead atoms. The maximum atomic E-state index is 5.72. The highest BCUT2D eigenvalue weighted by atomic mass is 15.2. The van der Waals surface area contributed by atoms with Crippen LogP contribution in [0.2, 0.25) is 0 Å². The first-order valence-electron chi connectivity index (χ1n) is 8.57. The second-order valence-corrected chi connectivity index (χ2v) is 6.66. The molecule has 1 aromatic heterocycles. The fourth-order valence-corrected chi connectivity index (χ4v) is 3.27. The third kappa shape index (κ3) is 3.09. The molecule has 1 saturated heterocycles. The maximum Gasteiger partial charge on any atom is 0.132 e. The highest BCUT2D eigenvalue weighted by Gasteiger charge is 2.18. The molecule has 3 nitrogen and oxygen atoms in total. The van der Waals surface area contributed by atoms with Crippen molar-refractivity contribution in [2.75, 3.05) is 24.5 Å². The van der Waals surface area contributed by atoms with Crippen molar-refractivity contribution in [3.05, 3.63) is 35.4 Å². The summed E-state index contributed by atoms with van der Waals surface area (Å²) in [5.41, 5.74) is 9.58. The van der Waals surface area contributed by atoms with Gasteiger partial charge in [0.1, 0.15) is 5.82 Å². The normalized spacial score (nSPS) is 15.2. The number of hydrogen-bond acceptors (Lipinski definition) is 3. The van der Waals surface area contributed by atoms with E-state index in [1.54, 1.807) is 0 Å². The summed E-state index contributed by atoms with van der Waals surface area (Å²) in [5, 5.41) is 1.26. The molecule has 0 spiro atoms. The lowest BCUT2D eigenvalue weighted by Gasteiger charge is -2.21. The van der Waals surface area contributed by atoms with Crippen LogP contribution in [-0.4, -0.2) is 24.6 Å². The van der Waals surface area contributed by atoms with E-state index < -0.39 is 0 Å². The lowest BCUT2D eigenvalue weighted by molar-refractivity contribution is 0.818. The molecule has 118 valence electrons. The van der Waals surface area contributed by atoms with Crippen molar-refractivity contribution in [3.63, 3.8) is 0 Å². The second kappa shape index (κ2) is 6.66. The van der Waals surface area contributed by atoms with Crippen LogP contribution in [0, 0.1) is 0 Å². The third-order valence-electron chi connectivity index (χ3n) is 4.62. The van der Waals surface area contributed by atoms with E-state index in [2.05, 4.69) is 43.0 Å². The van der Waals surface area contributed by atoms with Crippen LogP contribution in [0.5, 0.6) is 0 Å². The Hall–Kier alpha value is -1.61. The molecule has 3 heteroatoms. The Bertz CT molecular complexity index is 642. The van der Waals surface area contributed by atoms with E-state index in [-0.39, 0.29) is 0 Å². The second-order valence-electron chi connectivity index (χ2n) is 6.66. The molecule has 1 aromatic carbocycles. The molecule has 0 radical (unpaired) electrons. The van der Waals surface area contributed by atoms with Crippen molar-refractivity contribution in [1.29, 1.82) is 0 Å². The van der Waals surface area contributed by atoms with Crippen LogP contribution < -0.4 is 10.6 Å². The van der Waals surface area contributed by atoms with Crippen LogP contribution in [0.15, 0.2) is 24.3 Å². The van der Waals surface area contributed by atoms with E-state index >= 15 is 0 Å². The average molecular weight is 297 g/mol. The van der Waals surface area contributed by atoms with E-state index in [4.69, 9.17) is 10.7 Å². The number of aryl methyl sites for hydroxylation is 1. The van der Waals surface area contributed by atoms with Crippen molar-refractivity contribution in [2.45, 2.75) is 45.4 Å². The topological polar surface area (TPSA) is 42.2 Å². The summed E-state index contributed by atoms with van der Waals surface area (Å²) in [7, 11) is 0. The van der Waals surface area contributed by atoms with Gasteiger partial charge < -0.3 is 10.6 Å². The van der Waals surface area contributed by atoms with Gasteiger partial charge in [0.25, 0.3) is 0 Å². The summed E-state index contributed by atoms with van der Waals surface area (Å²) in [5.74, 6) is 1.74. The Labute approximate surface area is 133 Å². The number of pyridine rings is 1. The number of nitrogens with two attached hydrogens (primary N) is 1. The molecule has 3 rings (SSSR count). The van der Waals surface area contributed by atoms with Gasteiger partial charge in [0.2, 0.25) is 0 Å².